The summed E-state index contributed by atoms with van der Waals surface area (Å²) in [6.07, 6.45) is 0.928. The van der Waals surface area contributed by atoms with Crippen molar-refractivity contribution in [1.82, 2.24) is 5.32 Å². The third-order valence-corrected chi connectivity index (χ3v) is 3.81. The van der Waals surface area contributed by atoms with E-state index in [0.29, 0.717) is 0 Å². The van der Waals surface area contributed by atoms with Crippen LogP contribution >= 0.6 is 15.9 Å². The van der Waals surface area contributed by atoms with Crippen LogP contribution < -0.4 is 5.32 Å². The van der Waals surface area contributed by atoms with Crippen molar-refractivity contribution in [2.24, 2.45) is 0 Å². The van der Waals surface area contributed by atoms with Gasteiger partial charge in [0.15, 0.2) is 0 Å². The number of alkyl halides is 1. The van der Waals surface area contributed by atoms with E-state index >= 15 is 0 Å². The van der Waals surface area contributed by atoms with Crippen LogP contribution in [-0.2, 0) is 5.41 Å². The van der Waals surface area contributed by atoms with Gasteiger partial charge in [-0.05, 0) is 29.5 Å². The number of hydrogen-bond donors (Lipinski definition) is 1. The van der Waals surface area contributed by atoms with Gasteiger partial charge in [-0.25, -0.2) is 0 Å². The molecule has 2 nitrogen and oxygen atoms in total. The molecule has 1 unspecified atom stereocenters. The van der Waals surface area contributed by atoms with Gasteiger partial charge in [-0.3, -0.25) is 4.79 Å². The average molecular weight is 312 g/mol. The first kappa shape index (κ1) is 15.2. The van der Waals surface area contributed by atoms with E-state index in [1.165, 1.54) is 5.56 Å². The summed E-state index contributed by atoms with van der Waals surface area (Å²) in [6.45, 7) is 8.56. The van der Waals surface area contributed by atoms with Gasteiger partial charge in [0, 0.05) is 16.9 Å². The number of halogens is 1. The van der Waals surface area contributed by atoms with E-state index in [4.69, 9.17) is 0 Å². The fourth-order valence-electron chi connectivity index (χ4n) is 1.64. The van der Waals surface area contributed by atoms with Gasteiger partial charge in [0.25, 0.3) is 5.91 Å². The van der Waals surface area contributed by atoms with Crippen LogP contribution in [0.15, 0.2) is 24.3 Å². The maximum atomic E-state index is 12.0. The van der Waals surface area contributed by atoms with Crippen molar-refractivity contribution in [1.29, 1.82) is 0 Å². The molecule has 0 aliphatic rings. The molecule has 1 atom stereocenters. The van der Waals surface area contributed by atoms with Gasteiger partial charge in [-0.15, -0.1) is 0 Å². The highest BCUT2D eigenvalue weighted by atomic mass is 79.9. The standard InChI is InChI=1S/C15H22BrNO/c1-5-13(10-16)17-14(18)11-6-8-12(9-7-11)15(2,3)4/h6-9,13H,5,10H2,1-4H3,(H,17,18). The van der Waals surface area contributed by atoms with Crippen LogP contribution in [0.2, 0.25) is 0 Å². The highest BCUT2D eigenvalue weighted by Crippen LogP contribution is 2.22. The second kappa shape index (κ2) is 6.37. The normalized spacial score (nSPS) is 13.2. The highest BCUT2D eigenvalue weighted by molar-refractivity contribution is 9.09. The van der Waals surface area contributed by atoms with Crippen LogP contribution in [0.4, 0.5) is 0 Å². The van der Waals surface area contributed by atoms with Crippen LogP contribution in [0, 0.1) is 0 Å². The van der Waals surface area contributed by atoms with E-state index in [1.807, 2.05) is 24.3 Å². The summed E-state index contributed by atoms with van der Waals surface area (Å²) in [5.41, 5.74) is 2.09. The molecule has 0 spiro atoms. The summed E-state index contributed by atoms with van der Waals surface area (Å²) < 4.78 is 0. The molecule has 0 aliphatic carbocycles. The van der Waals surface area contributed by atoms with Crippen molar-refractivity contribution >= 4 is 21.8 Å². The van der Waals surface area contributed by atoms with Gasteiger partial charge in [-0.2, -0.15) is 0 Å². The summed E-state index contributed by atoms with van der Waals surface area (Å²) in [4.78, 5) is 12.0. The lowest BCUT2D eigenvalue weighted by Crippen LogP contribution is -2.35. The molecular formula is C15H22BrNO. The Morgan fingerprint density at radius 1 is 1.28 bits per heavy atom. The van der Waals surface area contributed by atoms with Crippen molar-refractivity contribution in [3.8, 4) is 0 Å². The molecule has 0 radical (unpaired) electrons. The molecule has 100 valence electrons. The first-order valence-electron chi connectivity index (χ1n) is 6.36. The van der Waals surface area contributed by atoms with Gasteiger partial charge < -0.3 is 5.32 Å². The molecule has 0 saturated carbocycles. The Labute approximate surface area is 118 Å². The molecule has 0 fully saturated rings. The molecule has 1 amide bonds. The van der Waals surface area contributed by atoms with E-state index in [9.17, 15) is 4.79 Å². The Morgan fingerprint density at radius 2 is 1.83 bits per heavy atom. The van der Waals surface area contributed by atoms with Crippen LogP contribution in [0.1, 0.15) is 50.0 Å². The molecule has 0 aromatic heterocycles. The Bertz CT molecular complexity index is 388. The van der Waals surface area contributed by atoms with Gasteiger partial charge in [-0.1, -0.05) is 55.8 Å². The summed E-state index contributed by atoms with van der Waals surface area (Å²) in [5, 5.41) is 3.79. The number of amides is 1. The third kappa shape index (κ3) is 4.13. The lowest BCUT2D eigenvalue weighted by Gasteiger charge is -2.19. The first-order chi connectivity index (χ1) is 8.38. The zero-order valence-electron chi connectivity index (χ0n) is 11.6. The third-order valence-electron chi connectivity index (χ3n) is 3.03. The molecule has 0 saturated heterocycles. The molecule has 1 aromatic rings. The van der Waals surface area contributed by atoms with Gasteiger partial charge in [0.2, 0.25) is 0 Å². The van der Waals surface area contributed by atoms with E-state index in [0.717, 1.165) is 17.3 Å². The molecule has 1 N–H and O–H groups in total. The Hall–Kier alpha value is -0.830. The monoisotopic (exact) mass is 311 g/mol. The Balaban J connectivity index is 2.76. The van der Waals surface area contributed by atoms with Crippen LogP contribution in [-0.4, -0.2) is 17.3 Å². The topological polar surface area (TPSA) is 29.1 Å². The number of carbonyl (C=O) groups excluding carboxylic acids is 1. The predicted octanol–water partition coefficient (Wildman–Crippen LogP) is 3.89. The first-order valence-corrected chi connectivity index (χ1v) is 7.48. The minimum absolute atomic E-state index is 0.00163. The quantitative estimate of drug-likeness (QED) is 0.840. The van der Waals surface area contributed by atoms with Crippen molar-refractivity contribution in [2.45, 2.75) is 45.6 Å². The van der Waals surface area contributed by atoms with Crippen molar-refractivity contribution < 1.29 is 4.79 Å². The maximum Gasteiger partial charge on any atom is 0.251 e. The van der Waals surface area contributed by atoms with E-state index in [1.54, 1.807) is 0 Å². The average Bonchev–Trinajstić information content (AvgIpc) is 2.34. The fraction of sp³-hybridized carbons (Fsp3) is 0.533. The van der Waals surface area contributed by atoms with E-state index < -0.39 is 0 Å². The molecule has 1 aromatic carbocycles. The minimum Gasteiger partial charge on any atom is -0.348 e. The number of nitrogens with one attached hydrogen (secondary N) is 1. The summed E-state index contributed by atoms with van der Waals surface area (Å²) in [6, 6.07) is 8.06. The number of benzene rings is 1. The zero-order chi connectivity index (χ0) is 13.8. The maximum absolute atomic E-state index is 12.0. The number of rotatable bonds is 4. The van der Waals surface area contributed by atoms with Crippen LogP contribution in [0.3, 0.4) is 0 Å². The minimum atomic E-state index is 0.00163. The van der Waals surface area contributed by atoms with Crippen LogP contribution in [0.25, 0.3) is 0 Å². The Kier molecular flexibility index (Phi) is 5.39. The lowest BCUT2D eigenvalue weighted by molar-refractivity contribution is 0.0940. The van der Waals surface area contributed by atoms with Crippen molar-refractivity contribution in [2.75, 3.05) is 5.33 Å². The summed E-state index contributed by atoms with van der Waals surface area (Å²) in [5.74, 6) is 0.00163. The largest absolute Gasteiger partial charge is 0.348 e. The molecule has 0 bridgehead atoms. The second-order valence-corrected chi connectivity index (χ2v) is 6.21. The second-order valence-electron chi connectivity index (χ2n) is 5.56. The zero-order valence-corrected chi connectivity index (χ0v) is 13.2. The van der Waals surface area contributed by atoms with E-state index in [2.05, 4.69) is 48.9 Å². The molecule has 3 heteroatoms. The molecule has 0 heterocycles. The highest BCUT2D eigenvalue weighted by Gasteiger charge is 2.15. The Morgan fingerprint density at radius 3 is 2.22 bits per heavy atom. The van der Waals surface area contributed by atoms with E-state index in [-0.39, 0.29) is 17.4 Å². The summed E-state index contributed by atoms with van der Waals surface area (Å²) in [7, 11) is 0. The molecular weight excluding hydrogens is 290 g/mol. The molecule has 18 heavy (non-hydrogen) atoms. The molecule has 0 aliphatic heterocycles. The van der Waals surface area contributed by atoms with Gasteiger partial charge in [0.1, 0.15) is 0 Å². The number of carbonyl (C=O) groups is 1. The van der Waals surface area contributed by atoms with Crippen molar-refractivity contribution in [3.05, 3.63) is 35.4 Å². The predicted molar refractivity (Wildman–Crippen MR) is 80.5 cm³/mol. The van der Waals surface area contributed by atoms with Gasteiger partial charge >= 0.3 is 0 Å². The SMILES string of the molecule is CCC(CBr)NC(=O)c1ccc(C(C)(C)C)cc1. The smallest absolute Gasteiger partial charge is 0.251 e. The van der Waals surface area contributed by atoms with Gasteiger partial charge in [0.05, 0.1) is 0 Å². The number of hydrogen-bond acceptors (Lipinski definition) is 1. The van der Waals surface area contributed by atoms with Crippen molar-refractivity contribution in [3.63, 3.8) is 0 Å². The lowest BCUT2D eigenvalue weighted by atomic mass is 9.86. The molecule has 1 rings (SSSR count). The fourth-order valence-corrected chi connectivity index (χ4v) is 2.26. The summed E-state index contributed by atoms with van der Waals surface area (Å²) >= 11 is 3.40. The van der Waals surface area contributed by atoms with Crippen LogP contribution in [0.5, 0.6) is 0 Å².